The number of carbonyl (C=O) groups is 3. The van der Waals surface area contributed by atoms with Gasteiger partial charge in [0, 0.05) is 19.3 Å². The van der Waals surface area contributed by atoms with Crippen LogP contribution >= 0.6 is 0 Å². The highest BCUT2D eigenvalue weighted by molar-refractivity contribution is 5.71. The summed E-state index contributed by atoms with van der Waals surface area (Å²) in [5, 5.41) is 0. The van der Waals surface area contributed by atoms with Crippen molar-refractivity contribution >= 4 is 17.9 Å². The molecule has 0 saturated carbocycles. The number of carbonyl (C=O) groups excluding carboxylic acids is 3. The Kier molecular flexibility index (Phi) is 61.9. The van der Waals surface area contributed by atoms with E-state index in [2.05, 4.69) is 191 Å². The zero-order chi connectivity index (χ0) is 57.8. The standard InChI is InChI=1S/C74H116O6/c1-4-7-10-13-16-19-22-25-28-30-32-34-35-36-37-38-39-41-42-44-46-49-52-55-58-61-64-67-73(76)79-70-71(69-78-72(75)66-63-60-57-54-51-48-27-24-21-18-15-12-9-6-3)80-74(77)68-65-62-59-56-53-50-47-45-43-40-33-31-29-26-23-20-17-14-11-8-5-2/h7-8,10-11,15-20,24-29,32-34,36-37,39-41,44,46,52,55,71H,4-6,9,12-14,21-23,30-31,35,38,42-43,45,47-51,53-54,56-70H2,1-3H3/b10-7-,11-8-,18-15-,19-16-,20-17-,27-24-,28-25-,29-26-,34-32-,37-36-,40-33-,41-39-,46-44-,55-52-. The van der Waals surface area contributed by atoms with Gasteiger partial charge >= 0.3 is 17.9 Å². The van der Waals surface area contributed by atoms with Crippen molar-refractivity contribution < 1.29 is 28.6 Å². The highest BCUT2D eigenvalue weighted by Gasteiger charge is 2.19. The summed E-state index contributed by atoms with van der Waals surface area (Å²) < 4.78 is 16.9. The lowest BCUT2D eigenvalue weighted by Gasteiger charge is -2.18. The highest BCUT2D eigenvalue weighted by Crippen LogP contribution is 2.14. The van der Waals surface area contributed by atoms with Crippen LogP contribution in [0.1, 0.15) is 258 Å². The molecule has 0 aliphatic heterocycles. The van der Waals surface area contributed by atoms with Crippen molar-refractivity contribution in [3.05, 3.63) is 170 Å². The molecule has 0 radical (unpaired) electrons. The van der Waals surface area contributed by atoms with Crippen LogP contribution in [0.3, 0.4) is 0 Å². The van der Waals surface area contributed by atoms with E-state index < -0.39 is 6.10 Å². The second-order valence-electron chi connectivity index (χ2n) is 20.5. The predicted octanol–water partition coefficient (Wildman–Crippen LogP) is 22.3. The molecule has 6 heteroatoms. The molecule has 0 saturated heterocycles. The molecule has 0 fully saturated rings. The van der Waals surface area contributed by atoms with E-state index in [1.54, 1.807) is 0 Å². The lowest BCUT2D eigenvalue weighted by Crippen LogP contribution is -2.30. The summed E-state index contributed by atoms with van der Waals surface area (Å²) in [4.78, 5) is 38.3. The van der Waals surface area contributed by atoms with Gasteiger partial charge in [0.05, 0.1) is 0 Å². The minimum absolute atomic E-state index is 0.110. The smallest absolute Gasteiger partial charge is 0.306 e. The maximum Gasteiger partial charge on any atom is 0.306 e. The summed E-state index contributed by atoms with van der Waals surface area (Å²) in [5.41, 5.74) is 0. The van der Waals surface area contributed by atoms with Gasteiger partial charge in [-0.3, -0.25) is 14.4 Å². The summed E-state index contributed by atoms with van der Waals surface area (Å²) in [7, 11) is 0. The number of rotatable bonds is 56. The number of ether oxygens (including phenoxy) is 3. The van der Waals surface area contributed by atoms with Crippen LogP contribution in [0.25, 0.3) is 0 Å². The molecular weight excluding hydrogens is 985 g/mol. The summed E-state index contributed by atoms with van der Waals surface area (Å²) in [6.45, 7) is 6.31. The Bertz CT molecular complexity index is 1840. The molecule has 0 aliphatic carbocycles. The first-order chi connectivity index (χ1) is 39.5. The topological polar surface area (TPSA) is 78.9 Å². The van der Waals surface area contributed by atoms with Gasteiger partial charge in [-0.05, 0) is 148 Å². The van der Waals surface area contributed by atoms with E-state index in [-0.39, 0.29) is 37.5 Å². The molecule has 80 heavy (non-hydrogen) atoms. The lowest BCUT2D eigenvalue weighted by atomic mass is 10.1. The van der Waals surface area contributed by atoms with E-state index in [0.29, 0.717) is 19.3 Å². The summed E-state index contributed by atoms with van der Waals surface area (Å²) >= 11 is 0. The van der Waals surface area contributed by atoms with Gasteiger partial charge in [0.25, 0.3) is 0 Å². The average molecular weight is 1100 g/mol. The molecule has 0 aromatic heterocycles. The zero-order valence-electron chi connectivity index (χ0n) is 51.3. The van der Waals surface area contributed by atoms with Crippen molar-refractivity contribution in [2.75, 3.05) is 13.2 Å². The van der Waals surface area contributed by atoms with Crippen LogP contribution in [-0.2, 0) is 28.6 Å². The molecule has 6 nitrogen and oxygen atoms in total. The Labute approximate surface area is 492 Å². The molecule has 0 heterocycles. The zero-order valence-corrected chi connectivity index (χ0v) is 51.3. The van der Waals surface area contributed by atoms with E-state index in [1.165, 1.54) is 51.4 Å². The first-order valence-corrected chi connectivity index (χ1v) is 32.1. The van der Waals surface area contributed by atoms with E-state index in [0.717, 1.165) is 161 Å². The Morgan fingerprint density at radius 3 is 0.787 bits per heavy atom. The van der Waals surface area contributed by atoms with Gasteiger partial charge < -0.3 is 14.2 Å². The molecule has 0 aromatic rings. The largest absolute Gasteiger partial charge is 0.462 e. The fourth-order valence-electron chi connectivity index (χ4n) is 8.17. The average Bonchev–Trinajstić information content (AvgIpc) is 3.46. The van der Waals surface area contributed by atoms with E-state index >= 15 is 0 Å². The minimum atomic E-state index is -0.817. The Balaban J connectivity index is 4.50. The summed E-state index contributed by atoms with van der Waals surface area (Å²) in [6.07, 6.45) is 97.8. The molecule has 0 rings (SSSR count). The monoisotopic (exact) mass is 1100 g/mol. The van der Waals surface area contributed by atoms with Crippen molar-refractivity contribution in [1.29, 1.82) is 0 Å². The molecule has 0 aliphatic rings. The van der Waals surface area contributed by atoms with Crippen molar-refractivity contribution in [3.63, 3.8) is 0 Å². The molecule has 0 aromatic carbocycles. The van der Waals surface area contributed by atoms with Gasteiger partial charge in [0.1, 0.15) is 13.2 Å². The normalized spacial score (nSPS) is 13.3. The molecule has 0 amide bonds. The summed E-state index contributed by atoms with van der Waals surface area (Å²) in [5.74, 6) is -0.981. The van der Waals surface area contributed by atoms with Crippen LogP contribution in [0.5, 0.6) is 0 Å². The summed E-state index contributed by atoms with van der Waals surface area (Å²) in [6, 6.07) is 0. The molecule has 0 spiro atoms. The Morgan fingerprint density at radius 1 is 0.263 bits per heavy atom. The van der Waals surface area contributed by atoms with Crippen molar-refractivity contribution in [2.45, 2.75) is 264 Å². The van der Waals surface area contributed by atoms with Crippen LogP contribution in [0.4, 0.5) is 0 Å². The van der Waals surface area contributed by atoms with Gasteiger partial charge in [-0.1, -0.05) is 262 Å². The number of allylic oxidation sites excluding steroid dienone is 28. The maximum atomic E-state index is 12.9. The molecule has 1 unspecified atom stereocenters. The number of hydrogen-bond donors (Lipinski definition) is 0. The van der Waals surface area contributed by atoms with E-state index in [9.17, 15) is 14.4 Å². The van der Waals surface area contributed by atoms with Gasteiger partial charge in [0.15, 0.2) is 6.10 Å². The minimum Gasteiger partial charge on any atom is -0.462 e. The molecular formula is C74H116O6. The maximum absolute atomic E-state index is 12.9. The predicted molar refractivity (Wildman–Crippen MR) is 348 cm³/mol. The fourth-order valence-corrected chi connectivity index (χ4v) is 8.17. The van der Waals surface area contributed by atoms with E-state index in [4.69, 9.17) is 14.2 Å². The molecule has 1 atom stereocenters. The Hall–Kier alpha value is -5.23. The van der Waals surface area contributed by atoms with Gasteiger partial charge in [-0.2, -0.15) is 0 Å². The van der Waals surface area contributed by atoms with Crippen LogP contribution in [0, 0.1) is 0 Å². The number of unbranched alkanes of at least 4 members (excludes halogenated alkanes) is 17. The lowest BCUT2D eigenvalue weighted by molar-refractivity contribution is -0.167. The van der Waals surface area contributed by atoms with Crippen molar-refractivity contribution in [2.24, 2.45) is 0 Å². The molecule has 448 valence electrons. The first-order valence-electron chi connectivity index (χ1n) is 32.1. The Morgan fingerprint density at radius 2 is 0.487 bits per heavy atom. The fraction of sp³-hybridized carbons (Fsp3) is 0.581. The third-order valence-corrected chi connectivity index (χ3v) is 12.9. The number of esters is 3. The van der Waals surface area contributed by atoms with Crippen LogP contribution in [0.15, 0.2) is 170 Å². The second-order valence-corrected chi connectivity index (χ2v) is 20.5. The van der Waals surface area contributed by atoms with E-state index in [1.807, 2.05) is 0 Å². The quantitative estimate of drug-likeness (QED) is 0.0261. The van der Waals surface area contributed by atoms with Crippen LogP contribution < -0.4 is 0 Å². The highest BCUT2D eigenvalue weighted by atomic mass is 16.6. The van der Waals surface area contributed by atoms with Crippen LogP contribution in [0.2, 0.25) is 0 Å². The first kappa shape index (κ1) is 74.8. The van der Waals surface area contributed by atoms with Crippen molar-refractivity contribution in [1.82, 2.24) is 0 Å². The van der Waals surface area contributed by atoms with Crippen molar-refractivity contribution in [3.8, 4) is 0 Å². The SMILES string of the molecule is CC/C=C\C/C=C\C/C=C\C/C=C\C/C=C\C/C=C\C/C=C\C/C=C\CCCCC(=O)OCC(COC(=O)CCCCCCC/C=C\C/C=C\CCCC)OC(=O)CCCCCCCCCC/C=C\C/C=C\C/C=C\C/C=C\CC. The second kappa shape index (κ2) is 66.3. The van der Waals surface area contributed by atoms with Gasteiger partial charge in [-0.25, -0.2) is 0 Å². The van der Waals surface area contributed by atoms with Gasteiger partial charge in [0.2, 0.25) is 0 Å². The number of hydrogen-bond acceptors (Lipinski definition) is 6. The van der Waals surface area contributed by atoms with Crippen LogP contribution in [-0.4, -0.2) is 37.2 Å². The third kappa shape index (κ3) is 63.6. The van der Waals surface area contributed by atoms with Gasteiger partial charge in [-0.15, -0.1) is 0 Å². The molecule has 0 bridgehead atoms. The third-order valence-electron chi connectivity index (χ3n) is 12.9. The molecule has 0 N–H and O–H groups in total.